The molecule has 1 aromatic rings. The van der Waals surface area contributed by atoms with Gasteiger partial charge in [-0.1, -0.05) is 24.3 Å². The molecule has 8 heteroatoms. The number of carbonyl (C=O) groups excluding carboxylic acids is 1. The number of aliphatic hydroxyl groups excluding tert-OH is 2. The van der Waals surface area contributed by atoms with E-state index >= 15 is 0 Å². The fraction of sp³-hybridized carbons (Fsp3) is 0.562. The number of nitrogens with one attached hydrogen (secondary N) is 1. The van der Waals surface area contributed by atoms with E-state index in [0.29, 0.717) is 0 Å². The molecule has 0 unspecified atom stereocenters. The van der Waals surface area contributed by atoms with Crippen LogP contribution in [-0.2, 0) is 13.2 Å². The van der Waals surface area contributed by atoms with Gasteiger partial charge in [-0.05, 0) is 29.9 Å². The number of likely N-dealkylation sites (tertiary alicyclic amines) is 1. The second kappa shape index (κ2) is 7.85. The van der Waals surface area contributed by atoms with Gasteiger partial charge in [-0.15, -0.1) is 0 Å². The molecule has 134 valence electrons. The Morgan fingerprint density at radius 3 is 2.50 bits per heavy atom. The van der Waals surface area contributed by atoms with Crippen LogP contribution >= 0.6 is 0 Å². The van der Waals surface area contributed by atoms with Gasteiger partial charge in [-0.25, -0.2) is 4.79 Å². The highest BCUT2D eigenvalue weighted by Crippen LogP contribution is 2.31. The van der Waals surface area contributed by atoms with Crippen LogP contribution < -0.4 is 5.32 Å². The van der Waals surface area contributed by atoms with E-state index in [9.17, 15) is 23.1 Å². The summed E-state index contributed by atoms with van der Waals surface area (Å²) in [6, 6.07) is 6.78. The number of nitrogens with zero attached hydrogens (tertiary/aromatic N) is 1. The molecular weight excluding hydrogens is 325 g/mol. The number of piperidine rings is 1. The SMILES string of the molecule is O=C(NCc1cccc(CO)c1)N1CCC([C@@H](O)C(F)(F)F)CC1. The molecule has 2 rings (SSSR count). The maximum atomic E-state index is 12.5. The Morgan fingerprint density at radius 2 is 1.92 bits per heavy atom. The van der Waals surface area contributed by atoms with Crippen molar-refractivity contribution in [1.29, 1.82) is 0 Å². The average molecular weight is 346 g/mol. The van der Waals surface area contributed by atoms with Crippen LogP contribution in [0.4, 0.5) is 18.0 Å². The number of amides is 2. The third-order valence-electron chi connectivity index (χ3n) is 4.23. The smallest absolute Gasteiger partial charge is 0.392 e. The molecule has 0 aromatic heterocycles. The van der Waals surface area contributed by atoms with Crippen LogP contribution in [0.1, 0.15) is 24.0 Å². The molecule has 0 saturated carbocycles. The first kappa shape index (κ1) is 18.5. The quantitative estimate of drug-likeness (QED) is 0.781. The molecule has 1 aliphatic rings. The summed E-state index contributed by atoms with van der Waals surface area (Å²) in [5.41, 5.74) is 1.57. The Bertz CT molecular complexity index is 558. The van der Waals surface area contributed by atoms with Gasteiger partial charge in [0.25, 0.3) is 0 Å². The van der Waals surface area contributed by atoms with Crippen molar-refractivity contribution in [2.75, 3.05) is 13.1 Å². The minimum Gasteiger partial charge on any atom is -0.392 e. The highest BCUT2D eigenvalue weighted by molar-refractivity contribution is 5.74. The molecule has 24 heavy (non-hydrogen) atoms. The number of rotatable bonds is 4. The summed E-state index contributed by atoms with van der Waals surface area (Å²) in [5.74, 6) is -0.865. The Morgan fingerprint density at radius 1 is 1.29 bits per heavy atom. The molecule has 1 saturated heterocycles. The second-order valence-corrected chi connectivity index (χ2v) is 5.95. The summed E-state index contributed by atoms with van der Waals surface area (Å²) in [7, 11) is 0. The van der Waals surface area contributed by atoms with Gasteiger partial charge in [0, 0.05) is 19.6 Å². The number of benzene rings is 1. The van der Waals surface area contributed by atoms with E-state index in [-0.39, 0.29) is 45.1 Å². The maximum Gasteiger partial charge on any atom is 0.414 e. The molecule has 1 atom stereocenters. The van der Waals surface area contributed by atoms with Crippen molar-refractivity contribution in [3.05, 3.63) is 35.4 Å². The monoisotopic (exact) mass is 346 g/mol. The van der Waals surface area contributed by atoms with Gasteiger partial charge < -0.3 is 20.4 Å². The van der Waals surface area contributed by atoms with E-state index in [4.69, 9.17) is 5.11 Å². The van der Waals surface area contributed by atoms with E-state index in [1.54, 1.807) is 18.2 Å². The number of halogens is 3. The van der Waals surface area contributed by atoms with Crippen molar-refractivity contribution < 1.29 is 28.2 Å². The highest BCUT2D eigenvalue weighted by atomic mass is 19.4. The molecule has 0 bridgehead atoms. The van der Waals surface area contributed by atoms with Crippen LogP contribution in [-0.4, -0.2) is 46.5 Å². The van der Waals surface area contributed by atoms with E-state index in [0.717, 1.165) is 11.1 Å². The topological polar surface area (TPSA) is 72.8 Å². The lowest BCUT2D eigenvalue weighted by molar-refractivity contribution is -0.222. The normalized spacial score (nSPS) is 17.6. The Hall–Kier alpha value is -1.80. The number of hydrogen-bond acceptors (Lipinski definition) is 3. The fourth-order valence-corrected chi connectivity index (χ4v) is 2.81. The standard InChI is InChI=1S/C16H21F3N2O3/c17-16(18,19)14(23)13-4-6-21(7-5-13)15(24)20-9-11-2-1-3-12(8-11)10-22/h1-3,8,13-14,22-23H,4-7,9-10H2,(H,20,24)/t14-/m1/s1. The first-order chi connectivity index (χ1) is 11.3. The van der Waals surface area contributed by atoms with Gasteiger partial charge in [0.2, 0.25) is 0 Å². The van der Waals surface area contributed by atoms with Crippen molar-refractivity contribution in [2.45, 2.75) is 38.3 Å². The van der Waals surface area contributed by atoms with Crippen LogP contribution in [0.25, 0.3) is 0 Å². The van der Waals surface area contributed by atoms with E-state index in [2.05, 4.69) is 5.32 Å². The predicted octanol–water partition coefficient (Wildman–Crippen LogP) is 2.02. The van der Waals surface area contributed by atoms with Crippen LogP contribution in [0, 0.1) is 5.92 Å². The minimum absolute atomic E-state index is 0.0865. The molecule has 2 amide bonds. The number of carbonyl (C=O) groups is 1. The van der Waals surface area contributed by atoms with Gasteiger partial charge >= 0.3 is 12.2 Å². The molecule has 0 radical (unpaired) electrons. The molecular formula is C16H21F3N2O3. The van der Waals surface area contributed by atoms with Crippen molar-refractivity contribution >= 4 is 6.03 Å². The molecule has 5 nitrogen and oxygen atoms in total. The average Bonchev–Trinajstić information content (AvgIpc) is 2.58. The van der Waals surface area contributed by atoms with Gasteiger partial charge in [0.15, 0.2) is 6.10 Å². The lowest BCUT2D eigenvalue weighted by atomic mass is 9.91. The number of alkyl halides is 3. The summed E-state index contributed by atoms with van der Waals surface area (Å²) in [4.78, 5) is 13.5. The number of urea groups is 1. The zero-order valence-electron chi connectivity index (χ0n) is 13.1. The van der Waals surface area contributed by atoms with Crippen LogP contribution in [0.3, 0.4) is 0 Å². The van der Waals surface area contributed by atoms with Crippen molar-refractivity contribution in [1.82, 2.24) is 10.2 Å². The lowest BCUT2D eigenvalue weighted by Crippen LogP contribution is -2.48. The number of hydrogen-bond donors (Lipinski definition) is 3. The van der Waals surface area contributed by atoms with E-state index in [1.165, 1.54) is 4.90 Å². The number of aliphatic hydroxyl groups is 2. The second-order valence-electron chi connectivity index (χ2n) is 5.95. The van der Waals surface area contributed by atoms with E-state index in [1.807, 2.05) is 6.07 Å². The van der Waals surface area contributed by atoms with Crippen LogP contribution in [0.15, 0.2) is 24.3 Å². The third kappa shape index (κ3) is 4.85. The van der Waals surface area contributed by atoms with Gasteiger partial charge in [-0.2, -0.15) is 13.2 Å². The minimum atomic E-state index is -4.62. The molecule has 3 N–H and O–H groups in total. The largest absolute Gasteiger partial charge is 0.414 e. The maximum absolute atomic E-state index is 12.5. The first-order valence-corrected chi connectivity index (χ1v) is 7.77. The Balaban J connectivity index is 1.80. The summed E-state index contributed by atoms with van der Waals surface area (Å²) in [5, 5.41) is 21.1. The van der Waals surface area contributed by atoms with E-state index < -0.39 is 18.2 Å². The lowest BCUT2D eigenvalue weighted by Gasteiger charge is -2.34. The van der Waals surface area contributed by atoms with Gasteiger partial charge in [-0.3, -0.25) is 0 Å². The Kier molecular flexibility index (Phi) is 6.06. The summed E-state index contributed by atoms with van der Waals surface area (Å²) < 4.78 is 37.5. The van der Waals surface area contributed by atoms with Crippen molar-refractivity contribution in [2.24, 2.45) is 5.92 Å². The predicted molar refractivity (Wildman–Crippen MR) is 81.0 cm³/mol. The molecule has 0 spiro atoms. The molecule has 0 aliphatic carbocycles. The summed E-state index contributed by atoms with van der Waals surface area (Å²) >= 11 is 0. The van der Waals surface area contributed by atoms with Crippen LogP contribution in [0.2, 0.25) is 0 Å². The van der Waals surface area contributed by atoms with Crippen LogP contribution in [0.5, 0.6) is 0 Å². The third-order valence-corrected chi connectivity index (χ3v) is 4.23. The van der Waals surface area contributed by atoms with Crippen molar-refractivity contribution in [3.8, 4) is 0 Å². The van der Waals surface area contributed by atoms with Gasteiger partial charge in [0.1, 0.15) is 0 Å². The Labute approximate surface area is 138 Å². The zero-order valence-corrected chi connectivity index (χ0v) is 13.1. The highest BCUT2D eigenvalue weighted by Gasteiger charge is 2.44. The molecule has 1 aromatic carbocycles. The molecule has 1 heterocycles. The zero-order chi connectivity index (χ0) is 17.7. The fourth-order valence-electron chi connectivity index (χ4n) is 2.81. The summed E-state index contributed by atoms with van der Waals surface area (Å²) in [6.45, 7) is 0.551. The summed E-state index contributed by atoms with van der Waals surface area (Å²) in [6.07, 6.45) is -6.71. The first-order valence-electron chi connectivity index (χ1n) is 7.77. The molecule has 1 aliphatic heterocycles. The van der Waals surface area contributed by atoms with Gasteiger partial charge in [0.05, 0.1) is 6.61 Å². The van der Waals surface area contributed by atoms with Crippen molar-refractivity contribution in [3.63, 3.8) is 0 Å². The molecule has 1 fully saturated rings.